The number of benzene rings is 3. The van der Waals surface area contributed by atoms with E-state index in [1.165, 1.54) is 0 Å². The molecule has 0 atom stereocenters. The average molecular weight is 320 g/mol. The largest absolute Gasteiger partial charge is 0.226 e. The molecule has 1 heterocycles. The summed E-state index contributed by atoms with van der Waals surface area (Å²) in [6, 6.07) is 27.5. The molecular formula is C22H14N3. The second-order valence-electron chi connectivity index (χ2n) is 5.67. The Kier molecular flexibility index (Phi) is 3.91. The molecule has 3 heteroatoms. The van der Waals surface area contributed by atoms with Gasteiger partial charge in [-0.3, -0.25) is 0 Å². The molecule has 4 rings (SSSR count). The minimum Gasteiger partial charge on any atom is -0.226 e. The van der Waals surface area contributed by atoms with E-state index >= 15 is 0 Å². The highest BCUT2D eigenvalue weighted by molar-refractivity contribution is 6.55. The van der Waals surface area contributed by atoms with Crippen molar-refractivity contribution in [3.63, 3.8) is 0 Å². The first-order chi connectivity index (χ1) is 12.3. The molecule has 0 saturated carbocycles. The van der Waals surface area contributed by atoms with E-state index in [1.54, 1.807) is 12.1 Å². The first kappa shape index (κ1) is 15.0. The quantitative estimate of drug-likeness (QED) is 0.648. The van der Waals surface area contributed by atoms with Crippen LogP contribution in [0.25, 0.3) is 5.82 Å². The summed E-state index contributed by atoms with van der Waals surface area (Å²) in [4.78, 5) is 9.58. The van der Waals surface area contributed by atoms with E-state index in [2.05, 4.69) is 5.87 Å². The second-order valence-corrected chi connectivity index (χ2v) is 5.67. The van der Waals surface area contributed by atoms with Crippen molar-refractivity contribution < 1.29 is 0 Å². The molecule has 0 amide bonds. The molecule has 0 unspecified atom stereocenters. The van der Waals surface area contributed by atoms with Crippen LogP contribution in [0, 0.1) is 0 Å². The van der Waals surface area contributed by atoms with Gasteiger partial charge in [0.2, 0.25) is 0 Å². The lowest BCUT2D eigenvalue weighted by molar-refractivity contribution is 1.40. The SMILES string of the molecule is [N]=C=c1ccc(=C2N=C(c3ccccc3)C(c3ccccc3)=N2)cc1. The zero-order valence-electron chi connectivity index (χ0n) is 13.4. The Labute approximate surface area is 145 Å². The van der Waals surface area contributed by atoms with Crippen molar-refractivity contribution in [2.45, 2.75) is 0 Å². The Bertz CT molecular complexity index is 1040. The molecule has 0 aromatic heterocycles. The van der Waals surface area contributed by atoms with Crippen LogP contribution in [0.5, 0.6) is 0 Å². The van der Waals surface area contributed by atoms with E-state index in [0.29, 0.717) is 11.0 Å². The van der Waals surface area contributed by atoms with E-state index in [9.17, 15) is 0 Å². The van der Waals surface area contributed by atoms with Crippen LogP contribution in [-0.4, -0.2) is 17.3 Å². The van der Waals surface area contributed by atoms with Gasteiger partial charge in [0.25, 0.3) is 0 Å². The Balaban J connectivity index is 1.94. The minimum atomic E-state index is 0.627. The van der Waals surface area contributed by atoms with Crippen molar-refractivity contribution in [2.75, 3.05) is 0 Å². The number of hydrogen-bond donors (Lipinski definition) is 0. The van der Waals surface area contributed by atoms with Crippen LogP contribution >= 0.6 is 0 Å². The predicted octanol–water partition coefficient (Wildman–Crippen LogP) is 1.89. The molecule has 0 N–H and O–H groups in total. The van der Waals surface area contributed by atoms with Gasteiger partial charge in [0.1, 0.15) is 0 Å². The molecule has 1 aliphatic heterocycles. The zero-order valence-corrected chi connectivity index (χ0v) is 13.4. The summed E-state index contributed by atoms with van der Waals surface area (Å²) in [5.74, 6) is 2.80. The van der Waals surface area contributed by atoms with E-state index in [1.807, 2.05) is 72.8 Å². The molecule has 0 aliphatic carbocycles. The summed E-state index contributed by atoms with van der Waals surface area (Å²) in [5, 5.41) is 10.5. The van der Waals surface area contributed by atoms with Gasteiger partial charge in [0.05, 0.1) is 11.4 Å². The fourth-order valence-corrected chi connectivity index (χ4v) is 2.76. The molecule has 0 saturated heterocycles. The molecule has 0 fully saturated rings. The topological polar surface area (TPSA) is 47.0 Å². The van der Waals surface area contributed by atoms with Gasteiger partial charge in [-0.25, -0.2) is 9.98 Å². The highest BCUT2D eigenvalue weighted by atomic mass is 15.0. The predicted molar refractivity (Wildman–Crippen MR) is 101 cm³/mol. The molecule has 0 spiro atoms. The van der Waals surface area contributed by atoms with Crippen LogP contribution in [0.3, 0.4) is 0 Å². The van der Waals surface area contributed by atoms with E-state index in [4.69, 9.17) is 15.4 Å². The highest BCUT2D eigenvalue weighted by Gasteiger charge is 2.20. The van der Waals surface area contributed by atoms with Crippen molar-refractivity contribution in [3.8, 4) is 0 Å². The summed E-state index contributed by atoms with van der Waals surface area (Å²) in [6.45, 7) is 0. The van der Waals surface area contributed by atoms with Crippen LogP contribution in [-0.2, 0) is 0 Å². The van der Waals surface area contributed by atoms with Crippen LogP contribution in [0.4, 0.5) is 0 Å². The van der Waals surface area contributed by atoms with Crippen LogP contribution in [0.2, 0.25) is 0 Å². The smallest absolute Gasteiger partial charge is 0.160 e. The highest BCUT2D eigenvalue weighted by Crippen LogP contribution is 2.20. The Morgan fingerprint density at radius 3 is 1.52 bits per heavy atom. The van der Waals surface area contributed by atoms with Gasteiger partial charge >= 0.3 is 0 Å². The maximum Gasteiger partial charge on any atom is 0.160 e. The average Bonchev–Trinajstić information content (AvgIpc) is 3.15. The normalized spacial score (nSPS) is 13.2. The monoisotopic (exact) mass is 320 g/mol. The first-order valence-corrected chi connectivity index (χ1v) is 8.01. The lowest BCUT2D eigenvalue weighted by atomic mass is 10.0. The molecule has 0 bridgehead atoms. The minimum absolute atomic E-state index is 0.627. The van der Waals surface area contributed by atoms with Gasteiger partial charge in [-0.2, -0.15) is 0 Å². The first-order valence-electron chi connectivity index (χ1n) is 8.01. The van der Waals surface area contributed by atoms with Crippen molar-refractivity contribution in [2.24, 2.45) is 9.98 Å². The molecule has 117 valence electrons. The van der Waals surface area contributed by atoms with E-state index in [-0.39, 0.29) is 0 Å². The Hall–Kier alpha value is -3.55. The molecule has 3 aromatic rings. The van der Waals surface area contributed by atoms with Crippen LogP contribution in [0.1, 0.15) is 11.1 Å². The molecule has 1 radical (unpaired) electrons. The molecule has 25 heavy (non-hydrogen) atoms. The van der Waals surface area contributed by atoms with Crippen molar-refractivity contribution >= 4 is 23.1 Å². The summed E-state index contributed by atoms with van der Waals surface area (Å²) < 4.78 is 0. The standard InChI is InChI=1S/C22H14N3/c23-15-16-11-13-19(14-12-16)22-24-20(17-7-3-1-4-8-17)21(25-22)18-9-5-2-6-10-18/h1-14H. The number of aliphatic imine (C=N–C) groups is 2. The third kappa shape index (κ3) is 2.97. The Morgan fingerprint density at radius 1 is 0.600 bits per heavy atom. The molecule has 3 nitrogen and oxygen atoms in total. The molecule has 3 aromatic carbocycles. The van der Waals surface area contributed by atoms with Crippen molar-refractivity contribution in [1.29, 1.82) is 0 Å². The number of nitrogens with zero attached hydrogens (tertiary/aromatic N) is 3. The fraction of sp³-hybridized carbons (Fsp3) is 0. The molecular weight excluding hydrogens is 306 g/mol. The lowest BCUT2D eigenvalue weighted by Gasteiger charge is -2.04. The number of rotatable bonds is 2. The van der Waals surface area contributed by atoms with Gasteiger partial charge in [0, 0.05) is 27.4 Å². The van der Waals surface area contributed by atoms with Crippen LogP contribution < -0.4 is 15.8 Å². The summed E-state index contributed by atoms with van der Waals surface area (Å²) in [7, 11) is 0. The second kappa shape index (κ2) is 6.52. The maximum atomic E-state index is 8.96. The van der Waals surface area contributed by atoms with Crippen molar-refractivity contribution in [1.82, 2.24) is 5.41 Å². The van der Waals surface area contributed by atoms with Crippen LogP contribution in [0.15, 0.2) is 94.9 Å². The maximum absolute atomic E-state index is 8.96. The Morgan fingerprint density at radius 2 is 1.08 bits per heavy atom. The van der Waals surface area contributed by atoms with Gasteiger partial charge < -0.3 is 0 Å². The summed E-state index contributed by atoms with van der Waals surface area (Å²) >= 11 is 0. The number of hydrogen-bond acceptors (Lipinski definition) is 2. The van der Waals surface area contributed by atoms with Gasteiger partial charge in [-0.05, 0) is 24.3 Å². The lowest BCUT2D eigenvalue weighted by Crippen LogP contribution is -2.13. The van der Waals surface area contributed by atoms with Gasteiger partial charge in [-0.1, -0.05) is 66.1 Å². The van der Waals surface area contributed by atoms with Gasteiger partial charge in [-0.15, -0.1) is 0 Å². The third-order valence-corrected chi connectivity index (χ3v) is 4.03. The summed E-state index contributed by atoms with van der Waals surface area (Å²) in [6.07, 6.45) is 0. The van der Waals surface area contributed by atoms with E-state index < -0.39 is 0 Å². The third-order valence-electron chi connectivity index (χ3n) is 4.03. The zero-order chi connectivity index (χ0) is 17.1. The summed E-state index contributed by atoms with van der Waals surface area (Å²) in [5.41, 5.74) is 3.81. The molecule has 1 aliphatic rings. The van der Waals surface area contributed by atoms with Crippen molar-refractivity contribution in [3.05, 3.63) is 106 Å². The van der Waals surface area contributed by atoms with E-state index in [0.717, 1.165) is 27.8 Å². The van der Waals surface area contributed by atoms with Gasteiger partial charge in [0.15, 0.2) is 5.82 Å². The fourth-order valence-electron chi connectivity index (χ4n) is 2.76.